The van der Waals surface area contributed by atoms with Crippen LogP contribution in [0.1, 0.15) is 72.9 Å². The summed E-state index contributed by atoms with van der Waals surface area (Å²) < 4.78 is 25.6. The molecule has 7 nitrogen and oxygen atoms in total. The largest absolute Gasteiger partial charge is 0.478 e. The van der Waals surface area contributed by atoms with Crippen molar-refractivity contribution >= 4 is 17.7 Å². The van der Waals surface area contributed by atoms with Gasteiger partial charge in [0.15, 0.2) is 0 Å². The first kappa shape index (κ1) is 27.1. The number of carbonyl (C=O) groups is 2. The highest BCUT2D eigenvalue weighted by Gasteiger charge is 2.28. The second-order valence-electron chi connectivity index (χ2n) is 10.1. The van der Waals surface area contributed by atoms with Crippen molar-refractivity contribution in [2.75, 3.05) is 18.5 Å². The Hall–Kier alpha value is -2.97. The van der Waals surface area contributed by atoms with Crippen molar-refractivity contribution in [3.8, 4) is 0 Å². The third-order valence-electron chi connectivity index (χ3n) is 7.43. The number of halogens is 1. The number of aromatic carboxylic acids is 1. The number of ether oxygens (including phenoxy) is 2. The number of carbonyl (C=O) groups excluding carboxylic acids is 1. The summed E-state index contributed by atoms with van der Waals surface area (Å²) in [7, 11) is 0. The lowest BCUT2D eigenvalue weighted by Crippen LogP contribution is -2.44. The summed E-state index contributed by atoms with van der Waals surface area (Å²) in [6.07, 6.45) is 7.82. The van der Waals surface area contributed by atoms with Crippen LogP contribution in [0.2, 0.25) is 0 Å². The maximum atomic E-state index is 13.2. The molecule has 0 bridgehead atoms. The number of hydrogen-bond acceptors (Lipinski definition) is 4. The van der Waals surface area contributed by atoms with Crippen LogP contribution in [0.4, 0.5) is 14.9 Å². The number of urea groups is 1. The second kappa shape index (κ2) is 13.0. The van der Waals surface area contributed by atoms with Crippen LogP contribution in [-0.4, -0.2) is 53.4 Å². The minimum atomic E-state index is -0.933. The van der Waals surface area contributed by atoms with E-state index in [1.165, 1.54) is 12.1 Å². The fourth-order valence-corrected chi connectivity index (χ4v) is 5.48. The summed E-state index contributed by atoms with van der Waals surface area (Å²) >= 11 is 0. The average Bonchev–Trinajstić information content (AvgIpc) is 3.41. The third-order valence-corrected chi connectivity index (χ3v) is 7.43. The van der Waals surface area contributed by atoms with Gasteiger partial charge in [0.2, 0.25) is 0 Å². The highest BCUT2D eigenvalue weighted by atomic mass is 19.1. The molecule has 37 heavy (non-hydrogen) atoms. The Kier molecular flexibility index (Phi) is 9.52. The minimum absolute atomic E-state index is 0.00798. The molecule has 2 aromatic carbocycles. The van der Waals surface area contributed by atoms with Gasteiger partial charge in [-0.3, -0.25) is 0 Å². The van der Waals surface area contributed by atoms with Gasteiger partial charge in [-0.25, -0.2) is 14.0 Å². The van der Waals surface area contributed by atoms with Gasteiger partial charge in [0, 0.05) is 18.3 Å². The fraction of sp³-hybridized carbons (Fsp3) is 0.517. The zero-order chi connectivity index (χ0) is 26.2. The van der Waals surface area contributed by atoms with E-state index in [1.54, 1.807) is 25.1 Å². The lowest BCUT2D eigenvalue weighted by Gasteiger charge is -2.32. The van der Waals surface area contributed by atoms with Gasteiger partial charge < -0.3 is 24.8 Å². The van der Waals surface area contributed by atoms with Crippen molar-refractivity contribution in [1.82, 2.24) is 4.90 Å². The van der Waals surface area contributed by atoms with Crippen molar-refractivity contribution in [2.24, 2.45) is 0 Å². The zero-order valence-corrected chi connectivity index (χ0v) is 21.5. The number of nitrogens with zero attached hydrogens (tertiary/aromatic N) is 1. The van der Waals surface area contributed by atoms with Crippen LogP contribution >= 0.6 is 0 Å². The molecule has 4 rings (SSSR count). The number of rotatable bonds is 10. The highest BCUT2D eigenvalue weighted by Crippen LogP contribution is 2.27. The molecular formula is C29H37FN2O5. The number of aryl methyl sites for hydroxylation is 1. The summed E-state index contributed by atoms with van der Waals surface area (Å²) in [5.74, 6) is -1.27. The van der Waals surface area contributed by atoms with Crippen molar-refractivity contribution in [1.29, 1.82) is 0 Å². The molecule has 0 unspecified atom stereocenters. The van der Waals surface area contributed by atoms with Gasteiger partial charge in [-0.2, -0.15) is 0 Å². The van der Waals surface area contributed by atoms with Gasteiger partial charge in [0.05, 0.1) is 31.0 Å². The fourth-order valence-electron chi connectivity index (χ4n) is 5.48. The summed E-state index contributed by atoms with van der Waals surface area (Å²) in [6.45, 7) is 2.99. The summed E-state index contributed by atoms with van der Waals surface area (Å²) in [5, 5.41) is 12.4. The first-order valence-corrected chi connectivity index (χ1v) is 13.3. The van der Waals surface area contributed by atoms with Gasteiger partial charge >= 0.3 is 12.0 Å². The highest BCUT2D eigenvalue weighted by molar-refractivity contribution is 5.91. The quantitative estimate of drug-likeness (QED) is 0.398. The van der Waals surface area contributed by atoms with E-state index in [0.29, 0.717) is 30.0 Å². The lowest BCUT2D eigenvalue weighted by atomic mass is 9.94. The van der Waals surface area contributed by atoms with Crippen LogP contribution in [0.5, 0.6) is 0 Å². The molecule has 0 spiro atoms. The standard InChI is InChI=1S/C29H37FN2O5/c1-20-6-4-7-21(27(20)28(33)34)19-37-26-11-5-10-25(18-26)36-17-16-32(24-8-2-3-9-24)29(35)31-23-14-12-22(30)13-15-23/h4,6-7,12-15,24-26H,2-3,5,8-11,16-19H2,1H3,(H,31,35)(H,33,34)/t25-,26+/m0/s1. The predicted octanol–water partition coefficient (Wildman–Crippen LogP) is 6.15. The van der Waals surface area contributed by atoms with Gasteiger partial charge in [0.1, 0.15) is 5.82 Å². The number of benzene rings is 2. The first-order chi connectivity index (χ1) is 17.9. The Morgan fingerprint density at radius 1 is 1.00 bits per heavy atom. The number of amides is 2. The molecule has 2 aliphatic rings. The van der Waals surface area contributed by atoms with E-state index in [9.17, 15) is 19.1 Å². The van der Waals surface area contributed by atoms with E-state index in [-0.39, 0.29) is 36.7 Å². The van der Waals surface area contributed by atoms with Crippen LogP contribution in [0, 0.1) is 12.7 Å². The van der Waals surface area contributed by atoms with E-state index in [1.807, 2.05) is 17.0 Å². The van der Waals surface area contributed by atoms with Gasteiger partial charge in [-0.05, 0) is 80.8 Å². The third kappa shape index (κ3) is 7.52. The Bertz CT molecular complexity index is 1050. The van der Waals surface area contributed by atoms with Crippen LogP contribution in [0.15, 0.2) is 42.5 Å². The van der Waals surface area contributed by atoms with E-state index >= 15 is 0 Å². The van der Waals surface area contributed by atoms with E-state index in [0.717, 1.165) is 56.9 Å². The van der Waals surface area contributed by atoms with E-state index in [2.05, 4.69) is 5.32 Å². The van der Waals surface area contributed by atoms with Crippen LogP contribution < -0.4 is 5.32 Å². The van der Waals surface area contributed by atoms with Gasteiger partial charge in [-0.15, -0.1) is 0 Å². The molecule has 2 saturated carbocycles. The second-order valence-corrected chi connectivity index (χ2v) is 10.1. The lowest BCUT2D eigenvalue weighted by molar-refractivity contribution is -0.0531. The molecule has 0 heterocycles. The van der Waals surface area contributed by atoms with Crippen molar-refractivity contribution in [2.45, 2.75) is 83.1 Å². The number of anilines is 1. The van der Waals surface area contributed by atoms with Crippen molar-refractivity contribution in [3.05, 3.63) is 65.0 Å². The molecule has 8 heteroatoms. The Balaban J connectivity index is 1.27. The summed E-state index contributed by atoms with van der Waals surface area (Å²) in [6, 6.07) is 11.3. The molecule has 0 aromatic heterocycles. The first-order valence-electron chi connectivity index (χ1n) is 13.3. The van der Waals surface area contributed by atoms with Crippen molar-refractivity contribution in [3.63, 3.8) is 0 Å². The molecule has 2 aromatic rings. The SMILES string of the molecule is Cc1cccc(CO[C@@H]2CCC[C@H](OCCN(C(=O)Nc3ccc(F)cc3)C3CCCC3)C2)c1C(=O)O. The monoisotopic (exact) mass is 512 g/mol. The molecule has 200 valence electrons. The predicted molar refractivity (Wildman–Crippen MR) is 139 cm³/mol. The number of nitrogens with one attached hydrogen (secondary N) is 1. The van der Waals surface area contributed by atoms with Crippen LogP contribution in [-0.2, 0) is 16.1 Å². The van der Waals surface area contributed by atoms with Crippen LogP contribution in [0.3, 0.4) is 0 Å². The molecule has 2 aliphatic carbocycles. The number of carboxylic acids is 1. The Morgan fingerprint density at radius 2 is 1.70 bits per heavy atom. The molecular weight excluding hydrogens is 475 g/mol. The van der Waals surface area contributed by atoms with E-state index in [4.69, 9.17) is 9.47 Å². The van der Waals surface area contributed by atoms with Gasteiger partial charge in [0.25, 0.3) is 0 Å². The summed E-state index contributed by atoms with van der Waals surface area (Å²) in [5.41, 5.74) is 2.31. The minimum Gasteiger partial charge on any atom is -0.478 e. The van der Waals surface area contributed by atoms with Crippen molar-refractivity contribution < 1.29 is 28.6 Å². The van der Waals surface area contributed by atoms with Crippen LogP contribution in [0.25, 0.3) is 0 Å². The zero-order valence-electron chi connectivity index (χ0n) is 21.5. The Morgan fingerprint density at radius 3 is 2.41 bits per heavy atom. The molecule has 2 fully saturated rings. The number of hydrogen-bond donors (Lipinski definition) is 2. The molecule has 2 N–H and O–H groups in total. The topological polar surface area (TPSA) is 88.1 Å². The molecule has 2 atom stereocenters. The normalized spacial score (nSPS) is 20.1. The average molecular weight is 513 g/mol. The smallest absolute Gasteiger partial charge is 0.336 e. The molecule has 0 aliphatic heterocycles. The molecule has 0 saturated heterocycles. The maximum Gasteiger partial charge on any atom is 0.336 e. The Labute approximate surface area is 218 Å². The number of carboxylic acid groups (broad SMARTS) is 1. The van der Waals surface area contributed by atoms with E-state index < -0.39 is 5.97 Å². The summed E-state index contributed by atoms with van der Waals surface area (Å²) in [4.78, 5) is 26.6. The molecule has 0 radical (unpaired) electrons. The van der Waals surface area contributed by atoms with Gasteiger partial charge in [-0.1, -0.05) is 31.0 Å². The molecule has 2 amide bonds. The maximum absolute atomic E-state index is 13.2.